The zero-order valence-corrected chi connectivity index (χ0v) is 8.26. The van der Waals surface area contributed by atoms with Crippen molar-refractivity contribution in [3.63, 3.8) is 0 Å². The Labute approximate surface area is 52.3 Å². The molecule has 48 valence electrons. The van der Waals surface area contributed by atoms with E-state index in [-0.39, 0.29) is 0 Å². The zero-order chi connectivity index (χ0) is 6.78. The highest BCUT2D eigenvalue weighted by Gasteiger charge is 2.30. The van der Waals surface area contributed by atoms with E-state index >= 15 is 0 Å². The Bertz CT molecular complexity index is 101. The van der Waals surface area contributed by atoms with Gasteiger partial charge in [0, 0.05) is 0 Å². The van der Waals surface area contributed by atoms with E-state index in [0.717, 1.165) is 0 Å². The Morgan fingerprint density at radius 3 is 2.12 bits per heavy atom. The highest BCUT2D eigenvalue weighted by atomic mass is 28.4. The van der Waals surface area contributed by atoms with Gasteiger partial charge in [0.15, 0.2) is 0 Å². The van der Waals surface area contributed by atoms with Gasteiger partial charge in [0.2, 0.25) is 0 Å². The van der Waals surface area contributed by atoms with E-state index in [1.807, 2.05) is 0 Å². The lowest BCUT2D eigenvalue weighted by atomic mass is 11.6. The number of carbonyl (C=O) groups is 1. The largest absolute Gasteiger partial charge is 0.484 e. The number of hydrogen-bond donors (Lipinski definition) is 1. The maximum Gasteiger partial charge on any atom is 0.301 e. The molecule has 0 aliphatic carbocycles. The summed E-state index contributed by atoms with van der Waals surface area (Å²) in [6, 6.07) is 0. The molecule has 3 nitrogen and oxygen atoms in total. The van der Waals surface area contributed by atoms with Crippen LogP contribution in [0.1, 0.15) is 0 Å². The maximum absolute atomic E-state index is 10.2. The summed E-state index contributed by atoms with van der Waals surface area (Å²) in [7, 11) is -1.75. The summed E-state index contributed by atoms with van der Waals surface area (Å²) < 4.78 is 4.88. The topological polar surface area (TPSA) is 46.5 Å². The lowest BCUT2D eigenvalue weighted by Crippen LogP contribution is -2.38. The van der Waals surface area contributed by atoms with Crippen LogP contribution < -0.4 is 0 Å². The summed E-state index contributed by atoms with van der Waals surface area (Å²) in [6.45, 7) is 3.34. The first-order valence-corrected chi connectivity index (χ1v) is 6.01. The van der Waals surface area contributed by atoms with Crippen molar-refractivity contribution in [2.24, 2.45) is 0 Å². The summed E-state index contributed by atoms with van der Waals surface area (Å²) in [4.78, 5) is 10.2. The van der Waals surface area contributed by atoms with Crippen LogP contribution >= 0.6 is 0 Å². The van der Waals surface area contributed by atoms with Crippen LogP contribution in [0.2, 0.25) is 13.1 Å². The molecule has 8 heavy (non-hydrogen) atoms. The summed E-state index contributed by atoms with van der Waals surface area (Å²) in [6.07, 6.45) is 0. The maximum atomic E-state index is 10.2. The molecule has 0 amide bonds. The third-order valence-electron chi connectivity index (χ3n) is 1.03. The Hall–Kier alpha value is -0.136. The van der Waals surface area contributed by atoms with Gasteiger partial charge in [-0.3, -0.25) is 4.79 Å². The second-order valence-corrected chi connectivity index (χ2v) is 7.10. The number of rotatable bonds is 2. The molecule has 1 N–H and O–H groups in total. The molecule has 0 heterocycles. The quantitative estimate of drug-likeness (QED) is 0.552. The highest BCUT2D eigenvalue weighted by Crippen LogP contribution is 2.01. The lowest BCUT2D eigenvalue weighted by Gasteiger charge is -2.12. The van der Waals surface area contributed by atoms with E-state index in [1.54, 1.807) is 13.1 Å². The molecule has 0 rings (SSSR count). The molecule has 0 bridgehead atoms. The predicted octanol–water partition coefficient (Wildman–Crippen LogP) is -0.252. The van der Waals surface area contributed by atoms with E-state index in [0.29, 0.717) is 10.5 Å². The van der Waals surface area contributed by atoms with Gasteiger partial charge in [0.05, 0.1) is 0 Å². The Morgan fingerprint density at radius 2 is 2.12 bits per heavy atom. The summed E-state index contributed by atoms with van der Waals surface area (Å²) in [5.74, 6) is 0. The molecule has 0 aliphatic heterocycles. The number of carboxylic acid groups (broad SMARTS) is 1. The fourth-order valence-electron chi connectivity index (χ4n) is 0.0873. The van der Waals surface area contributed by atoms with Crippen LogP contribution in [0.5, 0.6) is 0 Å². The van der Waals surface area contributed by atoms with Gasteiger partial charge in [0.25, 0.3) is 5.59 Å². The van der Waals surface area contributed by atoms with Crippen LogP contribution in [0.3, 0.4) is 0 Å². The van der Waals surface area contributed by atoms with E-state index in [9.17, 15) is 4.79 Å². The standard InChI is InChI=1S/C3H10O3Si2/c1-8(2,6-7)3(4)5/h1-2,7H3,(H,4,5). The minimum atomic E-state index is -2.28. The molecule has 0 unspecified atom stereocenters. The van der Waals surface area contributed by atoms with Gasteiger partial charge in [0.1, 0.15) is 10.5 Å². The molecule has 0 spiro atoms. The minimum absolute atomic E-state index is 0.526. The normalized spacial score (nSPS) is 11.8. The van der Waals surface area contributed by atoms with Crippen molar-refractivity contribution in [1.82, 2.24) is 0 Å². The summed E-state index contributed by atoms with van der Waals surface area (Å²) in [5, 5.41) is 8.40. The summed E-state index contributed by atoms with van der Waals surface area (Å²) >= 11 is 0. The van der Waals surface area contributed by atoms with Gasteiger partial charge in [-0.1, -0.05) is 0 Å². The molecule has 5 heteroatoms. The zero-order valence-electron chi connectivity index (χ0n) is 5.26. The third-order valence-corrected chi connectivity index (χ3v) is 6.14. The van der Waals surface area contributed by atoms with Gasteiger partial charge in [-0.05, 0) is 13.1 Å². The van der Waals surface area contributed by atoms with Crippen molar-refractivity contribution in [1.29, 1.82) is 0 Å². The first-order chi connectivity index (χ1) is 3.50. The minimum Gasteiger partial charge on any atom is -0.484 e. The predicted molar refractivity (Wildman–Crippen MR) is 36.5 cm³/mol. The molecular formula is C3H10O3Si2. The van der Waals surface area contributed by atoms with Gasteiger partial charge < -0.3 is 9.22 Å². The third kappa shape index (κ3) is 1.77. The van der Waals surface area contributed by atoms with E-state index in [1.165, 1.54) is 0 Å². The molecule has 0 aromatic rings. The highest BCUT2D eigenvalue weighted by molar-refractivity contribution is 6.99. The van der Waals surface area contributed by atoms with Crippen molar-refractivity contribution in [2.45, 2.75) is 13.1 Å². The van der Waals surface area contributed by atoms with Crippen molar-refractivity contribution in [2.75, 3.05) is 0 Å². The van der Waals surface area contributed by atoms with E-state index in [2.05, 4.69) is 0 Å². The van der Waals surface area contributed by atoms with Gasteiger partial charge in [-0.15, -0.1) is 0 Å². The number of hydrogen-bond acceptors (Lipinski definition) is 2. The molecule has 0 radical (unpaired) electrons. The Morgan fingerprint density at radius 1 is 1.75 bits per heavy atom. The average Bonchev–Trinajstić information content (AvgIpc) is 1.67. The second-order valence-electron chi connectivity index (χ2n) is 2.02. The van der Waals surface area contributed by atoms with Crippen molar-refractivity contribution < 1.29 is 14.0 Å². The summed E-state index contributed by atoms with van der Waals surface area (Å²) in [5.41, 5.74) is -0.771. The molecule has 0 saturated carbocycles. The smallest absolute Gasteiger partial charge is 0.301 e. The van der Waals surface area contributed by atoms with Crippen LogP contribution in [-0.2, 0) is 4.12 Å². The van der Waals surface area contributed by atoms with E-state index in [4.69, 9.17) is 9.22 Å². The van der Waals surface area contributed by atoms with Crippen LogP contribution in [0.4, 0.5) is 4.79 Å². The molecular weight excluding hydrogens is 140 g/mol. The molecule has 0 aromatic carbocycles. The van der Waals surface area contributed by atoms with Crippen LogP contribution in [0.15, 0.2) is 0 Å². The van der Waals surface area contributed by atoms with Crippen molar-refractivity contribution >= 4 is 24.4 Å². The molecule has 0 aromatic heterocycles. The van der Waals surface area contributed by atoms with Gasteiger partial charge in [-0.2, -0.15) is 0 Å². The Kier molecular flexibility index (Phi) is 2.38. The fourth-order valence-corrected chi connectivity index (χ4v) is 0.786. The lowest BCUT2D eigenvalue weighted by molar-refractivity contribution is 0.214. The van der Waals surface area contributed by atoms with Crippen LogP contribution in [0, 0.1) is 0 Å². The first kappa shape index (κ1) is 7.86. The van der Waals surface area contributed by atoms with Gasteiger partial charge in [-0.25, -0.2) is 0 Å². The van der Waals surface area contributed by atoms with Crippen molar-refractivity contribution in [3.8, 4) is 0 Å². The molecule has 0 saturated heterocycles. The molecule has 0 fully saturated rings. The monoisotopic (exact) mass is 150 g/mol. The van der Waals surface area contributed by atoms with Gasteiger partial charge >= 0.3 is 8.32 Å². The Balaban J connectivity index is 3.91. The first-order valence-electron chi connectivity index (χ1n) is 2.29. The molecule has 0 aliphatic rings. The average molecular weight is 150 g/mol. The van der Waals surface area contributed by atoms with E-state index < -0.39 is 13.9 Å². The molecule has 0 atom stereocenters. The fraction of sp³-hybridized carbons (Fsp3) is 0.667. The van der Waals surface area contributed by atoms with Crippen LogP contribution in [0.25, 0.3) is 0 Å². The second kappa shape index (κ2) is 2.43. The van der Waals surface area contributed by atoms with Crippen LogP contribution in [-0.4, -0.2) is 29.5 Å². The SMILES string of the molecule is C[Si](C)(O[SiH3])C(=O)O. The van der Waals surface area contributed by atoms with Crippen molar-refractivity contribution in [3.05, 3.63) is 0 Å².